The van der Waals surface area contributed by atoms with Crippen molar-refractivity contribution < 1.29 is 4.42 Å². The van der Waals surface area contributed by atoms with E-state index in [1.165, 1.54) is 27.4 Å². The van der Waals surface area contributed by atoms with Gasteiger partial charge >= 0.3 is 0 Å². The Labute approximate surface area is 333 Å². The van der Waals surface area contributed by atoms with Gasteiger partial charge in [-0.2, -0.15) is 0 Å². The molecular weight excluding hydrogens is 707 g/mol. The Kier molecular flexibility index (Phi) is 7.20. The maximum Gasteiger partial charge on any atom is 0.161 e. The fourth-order valence-corrected chi connectivity index (χ4v) is 8.88. The third-order valence-corrected chi connectivity index (χ3v) is 11.6. The molecule has 0 fully saturated rings. The Balaban J connectivity index is 1.06. The van der Waals surface area contributed by atoms with Crippen LogP contribution in [-0.2, 0) is 0 Å². The second-order valence-electron chi connectivity index (χ2n) is 14.9. The molecule has 270 valence electrons. The van der Waals surface area contributed by atoms with Gasteiger partial charge in [-0.3, -0.25) is 0 Å². The van der Waals surface area contributed by atoms with E-state index in [0.717, 1.165) is 82.8 Å². The van der Waals surface area contributed by atoms with E-state index < -0.39 is 0 Å². The van der Waals surface area contributed by atoms with Crippen molar-refractivity contribution in [1.29, 1.82) is 0 Å². The molecule has 0 atom stereocenters. The minimum Gasteiger partial charge on any atom is -0.456 e. The van der Waals surface area contributed by atoms with Crippen LogP contribution in [0.3, 0.4) is 0 Å². The summed E-state index contributed by atoms with van der Waals surface area (Å²) < 4.78 is 8.92. The molecule has 0 saturated heterocycles. The summed E-state index contributed by atoms with van der Waals surface area (Å²) in [7, 11) is 0. The van der Waals surface area contributed by atoms with E-state index >= 15 is 0 Å². The van der Waals surface area contributed by atoms with Crippen molar-refractivity contribution >= 4 is 65.4 Å². The van der Waals surface area contributed by atoms with Gasteiger partial charge in [-0.15, -0.1) is 0 Å². The van der Waals surface area contributed by atoms with E-state index in [1.807, 2.05) is 12.1 Å². The average Bonchev–Trinajstić information content (AvgIpc) is 3.84. The second kappa shape index (κ2) is 12.9. The van der Waals surface area contributed by atoms with Crippen LogP contribution >= 0.6 is 0 Å². The van der Waals surface area contributed by atoms with Gasteiger partial charge in [0.1, 0.15) is 11.2 Å². The molecule has 0 amide bonds. The second-order valence-corrected chi connectivity index (χ2v) is 14.9. The zero-order valence-corrected chi connectivity index (χ0v) is 31.3. The molecule has 4 heteroatoms. The van der Waals surface area contributed by atoms with Crippen LogP contribution in [0.1, 0.15) is 0 Å². The highest BCUT2D eigenvalue weighted by Gasteiger charge is 2.20. The first-order valence-electron chi connectivity index (χ1n) is 19.7. The zero-order chi connectivity index (χ0) is 38.2. The summed E-state index contributed by atoms with van der Waals surface area (Å²) in [4.78, 5) is 10.8. The summed E-state index contributed by atoms with van der Waals surface area (Å²) in [5.41, 5.74) is 13.5. The molecule has 58 heavy (non-hydrogen) atoms. The molecule has 0 N–H and O–H groups in total. The van der Waals surface area contributed by atoms with Gasteiger partial charge in [0, 0.05) is 49.1 Å². The topological polar surface area (TPSA) is 43.9 Å². The SMILES string of the molecule is c1ccc(-c2cccc(-c3nc(-c4cccc5oc6ccc(-c7ccc8c(c7)c7ccccc7n8-c7ccccc7)cc6c45)nc4c3ccc3ccccc34)c2)cc1. The minimum atomic E-state index is 0.665. The predicted molar refractivity (Wildman–Crippen MR) is 240 cm³/mol. The third kappa shape index (κ3) is 5.09. The minimum absolute atomic E-state index is 0.665. The molecule has 3 aromatic heterocycles. The van der Waals surface area contributed by atoms with Crippen molar-refractivity contribution in [2.45, 2.75) is 0 Å². The average molecular weight is 740 g/mol. The third-order valence-electron chi connectivity index (χ3n) is 11.6. The molecule has 0 bridgehead atoms. The highest BCUT2D eigenvalue weighted by molar-refractivity contribution is 6.15. The van der Waals surface area contributed by atoms with E-state index in [1.54, 1.807) is 0 Å². The van der Waals surface area contributed by atoms with Crippen LogP contribution in [0, 0.1) is 0 Å². The molecular formula is C54H33N3O. The highest BCUT2D eigenvalue weighted by atomic mass is 16.3. The Morgan fingerprint density at radius 2 is 1.05 bits per heavy atom. The predicted octanol–water partition coefficient (Wildman–Crippen LogP) is 14.4. The van der Waals surface area contributed by atoms with Crippen molar-refractivity contribution in [1.82, 2.24) is 14.5 Å². The molecule has 0 saturated carbocycles. The Morgan fingerprint density at radius 1 is 0.379 bits per heavy atom. The van der Waals surface area contributed by atoms with Crippen molar-refractivity contribution in [3.8, 4) is 50.6 Å². The van der Waals surface area contributed by atoms with Gasteiger partial charge in [0.05, 0.1) is 22.2 Å². The van der Waals surface area contributed by atoms with Gasteiger partial charge < -0.3 is 8.98 Å². The smallest absolute Gasteiger partial charge is 0.161 e. The number of hydrogen-bond acceptors (Lipinski definition) is 3. The lowest BCUT2D eigenvalue weighted by atomic mass is 9.97. The number of fused-ring (bicyclic) bond motifs is 9. The van der Waals surface area contributed by atoms with E-state index in [9.17, 15) is 0 Å². The molecule has 0 unspecified atom stereocenters. The normalized spacial score (nSPS) is 11.8. The lowest BCUT2D eigenvalue weighted by Crippen LogP contribution is -1.96. The fraction of sp³-hybridized carbons (Fsp3) is 0. The fourth-order valence-electron chi connectivity index (χ4n) is 8.88. The molecule has 12 aromatic rings. The number of furan rings is 1. The molecule has 0 spiro atoms. The number of benzene rings is 9. The van der Waals surface area contributed by atoms with Gasteiger partial charge in [0.15, 0.2) is 5.82 Å². The van der Waals surface area contributed by atoms with Crippen molar-refractivity contribution in [2.75, 3.05) is 0 Å². The van der Waals surface area contributed by atoms with Gasteiger partial charge in [0.25, 0.3) is 0 Å². The van der Waals surface area contributed by atoms with Crippen molar-refractivity contribution in [3.63, 3.8) is 0 Å². The quantitative estimate of drug-likeness (QED) is 0.165. The van der Waals surface area contributed by atoms with Crippen LogP contribution in [0.2, 0.25) is 0 Å². The van der Waals surface area contributed by atoms with E-state index in [0.29, 0.717) is 5.82 Å². The summed E-state index contributed by atoms with van der Waals surface area (Å²) in [6.45, 7) is 0. The van der Waals surface area contributed by atoms with E-state index in [2.05, 4.69) is 193 Å². The zero-order valence-electron chi connectivity index (χ0n) is 31.3. The van der Waals surface area contributed by atoms with Gasteiger partial charge in [-0.25, -0.2) is 9.97 Å². The molecule has 0 aliphatic carbocycles. The maximum atomic E-state index is 6.56. The molecule has 9 aromatic carbocycles. The summed E-state index contributed by atoms with van der Waals surface area (Å²) >= 11 is 0. The van der Waals surface area contributed by atoms with Gasteiger partial charge in [0.2, 0.25) is 0 Å². The van der Waals surface area contributed by atoms with E-state index in [-0.39, 0.29) is 0 Å². The monoisotopic (exact) mass is 739 g/mol. The first kappa shape index (κ1) is 32.4. The standard InChI is InChI=1S/C54H33N3O/c1-3-13-34(14-4-1)36-16-11-17-39(31-36)52-44-28-25-35-15-7-8-20-41(35)53(44)56-54(55-52)43-22-12-24-50-51(43)46-33-38(27-30-49(46)58-50)37-26-29-48-45(32-37)42-21-9-10-23-47(42)57(48)40-18-5-2-6-19-40/h1-33H. The highest BCUT2D eigenvalue weighted by Crippen LogP contribution is 2.41. The van der Waals surface area contributed by atoms with Crippen molar-refractivity contribution in [2.24, 2.45) is 0 Å². The lowest BCUT2D eigenvalue weighted by Gasteiger charge is -2.13. The van der Waals surface area contributed by atoms with Crippen LogP contribution in [0.25, 0.3) is 116 Å². The summed E-state index contributed by atoms with van der Waals surface area (Å²) in [6.07, 6.45) is 0. The van der Waals surface area contributed by atoms with Crippen molar-refractivity contribution in [3.05, 3.63) is 200 Å². The van der Waals surface area contributed by atoms with Gasteiger partial charge in [-0.05, 0) is 88.3 Å². The Bertz CT molecular complexity index is 3560. The number of hydrogen-bond donors (Lipinski definition) is 0. The first-order valence-corrected chi connectivity index (χ1v) is 19.7. The molecule has 4 nitrogen and oxygen atoms in total. The summed E-state index contributed by atoms with van der Waals surface area (Å²) in [5.74, 6) is 0.665. The maximum absolute atomic E-state index is 6.56. The molecule has 3 heterocycles. The van der Waals surface area contributed by atoms with Crippen LogP contribution in [-0.4, -0.2) is 14.5 Å². The molecule has 0 radical (unpaired) electrons. The van der Waals surface area contributed by atoms with Gasteiger partial charge in [-0.1, -0.05) is 140 Å². The molecule has 0 aliphatic rings. The number of aromatic nitrogens is 3. The summed E-state index contributed by atoms with van der Waals surface area (Å²) in [6, 6.07) is 70.8. The Hall–Kier alpha value is -7.82. The van der Waals surface area contributed by atoms with Crippen LogP contribution in [0.4, 0.5) is 0 Å². The van der Waals surface area contributed by atoms with Crippen LogP contribution in [0.5, 0.6) is 0 Å². The number of nitrogens with zero attached hydrogens (tertiary/aromatic N) is 3. The Morgan fingerprint density at radius 3 is 1.93 bits per heavy atom. The molecule has 12 rings (SSSR count). The lowest BCUT2D eigenvalue weighted by molar-refractivity contribution is 0.669. The molecule has 0 aliphatic heterocycles. The largest absolute Gasteiger partial charge is 0.456 e. The van der Waals surface area contributed by atoms with Crippen LogP contribution in [0.15, 0.2) is 205 Å². The first-order chi connectivity index (χ1) is 28.7. The number of para-hydroxylation sites is 2. The summed E-state index contributed by atoms with van der Waals surface area (Å²) in [5, 5.41) is 7.74. The van der Waals surface area contributed by atoms with Crippen LogP contribution < -0.4 is 0 Å². The van der Waals surface area contributed by atoms with E-state index in [4.69, 9.17) is 14.4 Å². The number of rotatable bonds is 5.